The predicted octanol–water partition coefficient (Wildman–Crippen LogP) is 4.39. The van der Waals surface area contributed by atoms with E-state index in [0.717, 1.165) is 25.9 Å². The van der Waals surface area contributed by atoms with E-state index in [0.29, 0.717) is 33.6 Å². The fraction of sp³-hybridized carbons (Fsp3) is 0.381. The van der Waals surface area contributed by atoms with Crippen molar-refractivity contribution in [2.75, 3.05) is 27.3 Å². The van der Waals surface area contributed by atoms with Crippen LogP contribution in [0, 0.1) is 0 Å². The zero-order valence-electron chi connectivity index (χ0n) is 15.6. The number of benzene rings is 2. The number of phenolic OH excluding ortho intramolecular Hbond substituents is 1. The quantitative estimate of drug-likeness (QED) is 0.684. The number of methoxy groups -OCH3 is 2. The van der Waals surface area contributed by atoms with E-state index in [1.165, 1.54) is 13.5 Å². The Labute approximate surface area is 168 Å². The summed E-state index contributed by atoms with van der Waals surface area (Å²) in [4.78, 5) is 15.5. The topological polar surface area (TPSA) is 59.0 Å². The lowest BCUT2D eigenvalue weighted by atomic mass is 9.97. The Morgan fingerprint density at radius 2 is 1.78 bits per heavy atom. The molecule has 0 bridgehead atoms. The Kier molecular flexibility index (Phi) is 6.39. The van der Waals surface area contributed by atoms with Crippen LogP contribution in [0.4, 0.5) is 0 Å². The molecule has 1 heterocycles. The number of aromatic hydroxyl groups is 1. The normalized spacial score (nSPS) is 14.8. The van der Waals surface area contributed by atoms with Gasteiger partial charge in [0.2, 0.25) is 5.78 Å². The number of carbonyl (C=O) groups excluding carboxylic acids is 1. The minimum absolute atomic E-state index is 0.0717. The Balaban J connectivity index is 2.08. The van der Waals surface area contributed by atoms with Gasteiger partial charge in [0.15, 0.2) is 0 Å². The van der Waals surface area contributed by atoms with Gasteiger partial charge >= 0.3 is 0 Å². The molecular weight excluding hydrogens is 410 g/mol. The Bertz CT molecular complexity index is 831. The highest BCUT2D eigenvalue weighted by Gasteiger charge is 2.27. The molecule has 1 aliphatic heterocycles. The summed E-state index contributed by atoms with van der Waals surface area (Å²) in [5.74, 6) is 0.461. The fourth-order valence-corrected chi connectivity index (χ4v) is 3.96. The van der Waals surface area contributed by atoms with E-state index in [1.807, 2.05) is 6.07 Å². The summed E-state index contributed by atoms with van der Waals surface area (Å²) in [6.07, 6.45) is 3.51. The molecule has 3 rings (SSSR count). The molecule has 6 heteroatoms. The molecule has 1 N–H and O–H groups in total. The molecule has 0 amide bonds. The van der Waals surface area contributed by atoms with E-state index in [1.54, 1.807) is 31.4 Å². The number of hydrogen-bond donors (Lipinski definition) is 1. The molecule has 0 radical (unpaired) electrons. The van der Waals surface area contributed by atoms with Gasteiger partial charge in [0, 0.05) is 22.6 Å². The van der Waals surface area contributed by atoms with Crippen LogP contribution >= 0.6 is 15.9 Å². The first kappa shape index (κ1) is 19.7. The Morgan fingerprint density at radius 3 is 2.41 bits per heavy atom. The lowest BCUT2D eigenvalue weighted by Gasteiger charge is -2.28. The maximum absolute atomic E-state index is 13.2. The Hall–Kier alpha value is -2.05. The van der Waals surface area contributed by atoms with Crippen molar-refractivity contribution in [2.24, 2.45) is 0 Å². The van der Waals surface area contributed by atoms with E-state index >= 15 is 0 Å². The number of ketones is 1. The number of halogens is 1. The summed E-state index contributed by atoms with van der Waals surface area (Å²) >= 11 is 3.42. The van der Waals surface area contributed by atoms with Crippen molar-refractivity contribution in [1.82, 2.24) is 4.90 Å². The van der Waals surface area contributed by atoms with Gasteiger partial charge in [-0.3, -0.25) is 9.69 Å². The summed E-state index contributed by atoms with van der Waals surface area (Å²) in [6, 6.07) is 8.84. The molecule has 0 aromatic heterocycles. The van der Waals surface area contributed by atoms with Gasteiger partial charge in [-0.1, -0.05) is 34.5 Å². The molecule has 0 atom stereocenters. The van der Waals surface area contributed by atoms with E-state index in [2.05, 4.69) is 20.8 Å². The van der Waals surface area contributed by atoms with E-state index < -0.39 is 0 Å². The summed E-state index contributed by atoms with van der Waals surface area (Å²) < 4.78 is 11.6. The van der Waals surface area contributed by atoms with Gasteiger partial charge in [-0.2, -0.15) is 0 Å². The van der Waals surface area contributed by atoms with Gasteiger partial charge in [0.05, 0.1) is 19.8 Å². The standard InChI is InChI=1S/C21H24BrNO4/c1-26-17-12-18(27-2)19(20(24)14-8-4-5-9-16(14)22)21(25)15(17)13-23-10-6-3-7-11-23/h4-5,8-9,12,25H,3,6-7,10-11,13H2,1-2H3. The van der Waals surface area contributed by atoms with Crippen LogP contribution in [0.25, 0.3) is 0 Å². The summed E-state index contributed by atoms with van der Waals surface area (Å²) in [7, 11) is 3.04. The maximum Gasteiger partial charge on any atom is 0.201 e. The lowest BCUT2D eigenvalue weighted by Crippen LogP contribution is -2.29. The molecule has 2 aromatic carbocycles. The smallest absolute Gasteiger partial charge is 0.201 e. The van der Waals surface area contributed by atoms with Gasteiger partial charge < -0.3 is 14.6 Å². The molecule has 0 spiro atoms. The second-order valence-corrected chi connectivity index (χ2v) is 7.48. The molecule has 27 heavy (non-hydrogen) atoms. The zero-order chi connectivity index (χ0) is 19.4. The van der Waals surface area contributed by atoms with Gasteiger partial charge in [-0.25, -0.2) is 0 Å². The minimum Gasteiger partial charge on any atom is -0.507 e. The maximum atomic E-state index is 13.2. The molecule has 5 nitrogen and oxygen atoms in total. The Morgan fingerprint density at radius 1 is 1.11 bits per heavy atom. The number of carbonyl (C=O) groups is 1. The van der Waals surface area contributed by atoms with Crippen molar-refractivity contribution < 1.29 is 19.4 Å². The first-order valence-electron chi connectivity index (χ1n) is 9.05. The van der Waals surface area contributed by atoms with Crippen molar-refractivity contribution in [3.05, 3.63) is 51.5 Å². The van der Waals surface area contributed by atoms with Crippen LogP contribution in [-0.2, 0) is 6.54 Å². The largest absolute Gasteiger partial charge is 0.507 e. The number of phenols is 1. The highest BCUT2D eigenvalue weighted by atomic mass is 79.9. The monoisotopic (exact) mass is 433 g/mol. The van der Waals surface area contributed by atoms with Crippen molar-refractivity contribution in [3.63, 3.8) is 0 Å². The molecule has 0 unspecified atom stereocenters. The third-order valence-electron chi connectivity index (χ3n) is 4.94. The average molecular weight is 434 g/mol. The first-order chi connectivity index (χ1) is 13.1. The number of rotatable bonds is 6. The first-order valence-corrected chi connectivity index (χ1v) is 9.84. The molecule has 0 aliphatic carbocycles. The van der Waals surface area contributed by atoms with E-state index in [9.17, 15) is 9.90 Å². The highest BCUT2D eigenvalue weighted by molar-refractivity contribution is 9.10. The SMILES string of the molecule is COc1cc(OC)c(C(=O)c2ccccc2Br)c(O)c1CN1CCCCC1. The third-order valence-corrected chi connectivity index (χ3v) is 5.64. The van der Waals surface area contributed by atoms with Crippen LogP contribution in [0.2, 0.25) is 0 Å². The zero-order valence-corrected chi connectivity index (χ0v) is 17.2. The molecule has 1 aliphatic rings. The molecule has 1 saturated heterocycles. The van der Waals surface area contributed by atoms with Crippen LogP contribution in [0.5, 0.6) is 17.2 Å². The predicted molar refractivity (Wildman–Crippen MR) is 108 cm³/mol. The average Bonchev–Trinajstić information content (AvgIpc) is 2.69. The second-order valence-electron chi connectivity index (χ2n) is 6.63. The van der Waals surface area contributed by atoms with Gasteiger partial charge in [0.1, 0.15) is 22.8 Å². The number of likely N-dealkylation sites (tertiary alicyclic amines) is 1. The number of hydrogen-bond acceptors (Lipinski definition) is 5. The molecular formula is C21H24BrNO4. The van der Waals surface area contributed by atoms with Crippen LogP contribution in [0.1, 0.15) is 40.7 Å². The van der Waals surface area contributed by atoms with Crippen molar-refractivity contribution in [2.45, 2.75) is 25.8 Å². The van der Waals surface area contributed by atoms with E-state index in [-0.39, 0.29) is 17.1 Å². The van der Waals surface area contributed by atoms with Gasteiger partial charge in [-0.05, 0) is 38.1 Å². The van der Waals surface area contributed by atoms with E-state index in [4.69, 9.17) is 9.47 Å². The van der Waals surface area contributed by atoms with Gasteiger partial charge in [0.25, 0.3) is 0 Å². The highest BCUT2D eigenvalue weighted by Crippen LogP contribution is 2.41. The second kappa shape index (κ2) is 8.76. The summed E-state index contributed by atoms with van der Waals surface area (Å²) in [6.45, 7) is 2.49. The van der Waals surface area contributed by atoms with Crippen LogP contribution in [-0.4, -0.2) is 43.1 Å². The lowest BCUT2D eigenvalue weighted by molar-refractivity contribution is 0.103. The van der Waals surface area contributed by atoms with Crippen LogP contribution < -0.4 is 9.47 Å². The molecule has 144 valence electrons. The van der Waals surface area contributed by atoms with Crippen molar-refractivity contribution in [3.8, 4) is 17.2 Å². The van der Waals surface area contributed by atoms with Crippen molar-refractivity contribution in [1.29, 1.82) is 0 Å². The summed E-state index contributed by atoms with van der Waals surface area (Å²) in [5, 5.41) is 11.0. The van der Waals surface area contributed by atoms with Crippen LogP contribution in [0.15, 0.2) is 34.8 Å². The van der Waals surface area contributed by atoms with Crippen molar-refractivity contribution >= 4 is 21.7 Å². The number of piperidine rings is 1. The minimum atomic E-state index is -0.292. The molecule has 0 saturated carbocycles. The number of nitrogens with zero attached hydrogens (tertiary/aromatic N) is 1. The summed E-state index contributed by atoms with van der Waals surface area (Å²) in [5.41, 5.74) is 1.26. The molecule has 2 aromatic rings. The third kappa shape index (κ3) is 4.12. The fourth-order valence-electron chi connectivity index (χ4n) is 3.50. The molecule has 1 fully saturated rings. The number of ether oxygens (including phenoxy) is 2. The van der Waals surface area contributed by atoms with Crippen LogP contribution in [0.3, 0.4) is 0 Å². The van der Waals surface area contributed by atoms with Gasteiger partial charge in [-0.15, -0.1) is 0 Å².